The second-order valence-corrected chi connectivity index (χ2v) is 8.24. The first-order chi connectivity index (χ1) is 11.7. The Balaban J connectivity index is 1.84. The molecule has 1 aliphatic heterocycles. The van der Waals surface area contributed by atoms with Crippen molar-refractivity contribution in [2.75, 3.05) is 31.6 Å². The second kappa shape index (κ2) is 8.09. The normalized spacial score (nSPS) is 17.3. The minimum Gasteiger partial charge on any atom is -0.392 e. The van der Waals surface area contributed by atoms with Gasteiger partial charge in [-0.3, -0.25) is 0 Å². The van der Waals surface area contributed by atoms with Gasteiger partial charge in [0.15, 0.2) is 0 Å². The summed E-state index contributed by atoms with van der Waals surface area (Å²) in [5.41, 5.74) is 2.78. The molecule has 0 radical (unpaired) electrons. The standard InChI is InChI=1S/C20H33N3O2/c1-15(24)14-22(5)19(25)21-17-10-12-23(13-11-17)18-8-6-16(7-9-18)20(2,3)4/h6-9,15,17,24H,10-14H2,1-5H3,(H,21,25)/t15-/m0/s1. The molecule has 140 valence electrons. The lowest BCUT2D eigenvalue weighted by molar-refractivity contribution is 0.141. The van der Waals surface area contributed by atoms with Gasteiger partial charge in [0, 0.05) is 38.4 Å². The fourth-order valence-corrected chi connectivity index (χ4v) is 3.22. The maximum atomic E-state index is 12.1. The Kier molecular flexibility index (Phi) is 6.33. The fraction of sp³-hybridized carbons (Fsp3) is 0.650. The molecule has 1 saturated heterocycles. The van der Waals surface area contributed by atoms with E-state index in [-0.39, 0.29) is 17.5 Å². The zero-order chi connectivity index (χ0) is 18.6. The third kappa shape index (κ3) is 5.63. The van der Waals surface area contributed by atoms with Gasteiger partial charge in [-0.2, -0.15) is 0 Å². The molecule has 5 nitrogen and oxygen atoms in total. The number of carbonyl (C=O) groups is 1. The molecule has 0 bridgehead atoms. The molecule has 0 spiro atoms. The minimum absolute atomic E-state index is 0.103. The molecule has 1 fully saturated rings. The number of anilines is 1. The molecular weight excluding hydrogens is 314 g/mol. The van der Waals surface area contributed by atoms with E-state index < -0.39 is 6.10 Å². The Bertz CT molecular complexity index is 555. The zero-order valence-electron chi connectivity index (χ0n) is 16.2. The summed E-state index contributed by atoms with van der Waals surface area (Å²) in [5, 5.41) is 12.5. The van der Waals surface area contributed by atoms with Gasteiger partial charge in [-0.05, 0) is 42.9 Å². The Morgan fingerprint density at radius 3 is 2.32 bits per heavy atom. The number of nitrogens with one attached hydrogen (secondary N) is 1. The average Bonchev–Trinajstić information content (AvgIpc) is 2.54. The van der Waals surface area contributed by atoms with Crippen LogP contribution in [-0.4, -0.2) is 54.9 Å². The van der Waals surface area contributed by atoms with Crippen LogP contribution < -0.4 is 10.2 Å². The van der Waals surface area contributed by atoms with Crippen molar-refractivity contribution in [2.24, 2.45) is 0 Å². The highest BCUT2D eigenvalue weighted by atomic mass is 16.3. The molecule has 2 rings (SSSR count). The van der Waals surface area contributed by atoms with Crippen LogP contribution >= 0.6 is 0 Å². The van der Waals surface area contributed by atoms with E-state index in [1.807, 2.05) is 0 Å². The van der Waals surface area contributed by atoms with Gasteiger partial charge in [-0.1, -0.05) is 32.9 Å². The Hall–Kier alpha value is -1.75. The zero-order valence-corrected chi connectivity index (χ0v) is 16.2. The maximum Gasteiger partial charge on any atom is 0.317 e. The van der Waals surface area contributed by atoms with Crippen LogP contribution in [-0.2, 0) is 5.41 Å². The molecule has 0 aromatic heterocycles. The molecule has 1 aliphatic rings. The van der Waals surface area contributed by atoms with Gasteiger partial charge in [0.1, 0.15) is 0 Å². The first-order valence-corrected chi connectivity index (χ1v) is 9.22. The fourth-order valence-electron chi connectivity index (χ4n) is 3.22. The number of aliphatic hydroxyl groups is 1. The first-order valence-electron chi connectivity index (χ1n) is 9.22. The molecule has 2 amide bonds. The van der Waals surface area contributed by atoms with Gasteiger partial charge in [0.05, 0.1) is 6.10 Å². The van der Waals surface area contributed by atoms with Gasteiger partial charge >= 0.3 is 6.03 Å². The summed E-state index contributed by atoms with van der Waals surface area (Å²) in [6.45, 7) is 10.6. The number of piperidine rings is 1. The highest BCUT2D eigenvalue weighted by Gasteiger charge is 2.23. The van der Waals surface area contributed by atoms with E-state index in [4.69, 9.17) is 0 Å². The summed E-state index contributed by atoms with van der Waals surface area (Å²) in [5.74, 6) is 0. The number of urea groups is 1. The van der Waals surface area contributed by atoms with Gasteiger partial charge in [-0.15, -0.1) is 0 Å². The maximum absolute atomic E-state index is 12.1. The van der Waals surface area contributed by atoms with E-state index in [1.54, 1.807) is 18.9 Å². The SMILES string of the molecule is C[C@H](O)CN(C)C(=O)NC1CCN(c2ccc(C(C)(C)C)cc2)CC1. The molecule has 2 N–H and O–H groups in total. The number of benzene rings is 1. The quantitative estimate of drug-likeness (QED) is 0.880. The predicted molar refractivity (Wildman–Crippen MR) is 103 cm³/mol. The van der Waals surface area contributed by atoms with Crippen molar-refractivity contribution < 1.29 is 9.90 Å². The Morgan fingerprint density at radius 2 is 1.84 bits per heavy atom. The largest absolute Gasteiger partial charge is 0.392 e. The molecule has 1 atom stereocenters. The van der Waals surface area contributed by atoms with E-state index in [0.29, 0.717) is 6.54 Å². The molecular formula is C20H33N3O2. The summed E-state index contributed by atoms with van der Waals surface area (Å²) in [7, 11) is 1.72. The van der Waals surface area contributed by atoms with E-state index in [2.05, 4.69) is 55.3 Å². The summed E-state index contributed by atoms with van der Waals surface area (Å²) in [6, 6.07) is 8.94. The second-order valence-electron chi connectivity index (χ2n) is 8.24. The van der Waals surface area contributed by atoms with Crippen molar-refractivity contribution in [1.82, 2.24) is 10.2 Å². The first kappa shape index (κ1) is 19.6. The highest BCUT2D eigenvalue weighted by Crippen LogP contribution is 2.26. The molecule has 25 heavy (non-hydrogen) atoms. The Morgan fingerprint density at radius 1 is 1.28 bits per heavy atom. The van der Waals surface area contributed by atoms with Crippen LogP contribution in [0.4, 0.5) is 10.5 Å². The molecule has 5 heteroatoms. The summed E-state index contributed by atoms with van der Waals surface area (Å²) in [4.78, 5) is 16.0. The molecule has 0 aliphatic carbocycles. The number of rotatable bonds is 4. The predicted octanol–water partition coefficient (Wildman–Crippen LogP) is 2.98. The van der Waals surface area contributed by atoms with Gasteiger partial charge in [0.2, 0.25) is 0 Å². The smallest absolute Gasteiger partial charge is 0.317 e. The van der Waals surface area contributed by atoms with Crippen molar-refractivity contribution in [3.8, 4) is 0 Å². The van der Waals surface area contributed by atoms with Crippen LogP contribution in [0.25, 0.3) is 0 Å². The van der Waals surface area contributed by atoms with Crippen LogP contribution in [0, 0.1) is 0 Å². The van der Waals surface area contributed by atoms with Crippen molar-refractivity contribution >= 4 is 11.7 Å². The van der Waals surface area contributed by atoms with Crippen molar-refractivity contribution in [2.45, 2.75) is 58.1 Å². The van der Waals surface area contributed by atoms with Crippen LogP contribution in [0.3, 0.4) is 0 Å². The summed E-state index contributed by atoms with van der Waals surface area (Å²) >= 11 is 0. The van der Waals surface area contributed by atoms with Crippen LogP contribution in [0.5, 0.6) is 0 Å². The van der Waals surface area contributed by atoms with E-state index >= 15 is 0 Å². The molecule has 1 aromatic rings. The van der Waals surface area contributed by atoms with Crippen molar-refractivity contribution in [3.63, 3.8) is 0 Å². The lowest BCUT2D eigenvalue weighted by atomic mass is 9.87. The number of hydrogen-bond acceptors (Lipinski definition) is 3. The van der Waals surface area contributed by atoms with Gasteiger partial charge in [0.25, 0.3) is 0 Å². The molecule has 1 aromatic carbocycles. The Labute approximate surface area is 152 Å². The van der Waals surface area contributed by atoms with E-state index in [0.717, 1.165) is 25.9 Å². The number of hydrogen-bond donors (Lipinski definition) is 2. The van der Waals surface area contributed by atoms with Gasteiger partial charge in [-0.25, -0.2) is 4.79 Å². The van der Waals surface area contributed by atoms with Crippen LogP contribution in [0.1, 0.15) is 46.1 Å². The average molecular weight is 348 g/mol. The minimum atomic E-state index is -0.506. The number of nitrogens with zero attached hydrogens (tertiary/aromatic N) is 2. The van der Waals surface area contributed by atoms with E-state index in [1.165, 1.54) is 11.3 Å². The third-order valence-electron chi connectivity index (χ3n) is 4.81. The summed E-state index contributed by atoms with van der Waals surface area (Å²) in [6.07, 6.45) is 1.37. The number of carbonyl (C=O) groups excluding carboxylic acids is 1. The molecule has 1 heterocycles. The number of likely N-dealkylation sites (N-methyl/N-ethyl adjacent to an activating group) is 1. The van der Waals surface area contributed by atoms with Crippen molar-refractivity contribution in [3.05, 3.63) is 29.8 Å². The van der Waals surface area contributed by atoms with Gasteiger partial charge < -0.3 is 20.2 Å². The van der Waals surface area contributed by atoms with Crippen molar-refractivity contribution in [1.29, 1.82) is 0 Å². The van der Waals surface area contributed by atoms with E-state index in [9.17, 15) is 9.90 Å². The number of amides is 2. The number of aliphatic hydroxyl groups excluding tert-OH is 1. The summed E-state index contributed by atoms with van der Waals surface area (Å²) < 4.78 is 0. The highest BCUT2D eigenvalue weighted by molar-refractivity contribution is 5.74. The lowest BCUT2D eigenvalue weighted by Crippen LogP contribution is -2.49. The topological polar surface area (TPSA) is 55.8 Å². The lowest BCUT2D eigenvalue weighted by Gasteiger charge is -2.35. The molecule has 0 saturated carbocycles. The molecule has 0 unspecified atom stereocenters. The van der Waals surface area contributed by atoms with Crippen LogP contribution in [0.15, 0.2) is 24.3 Å². The third-order valence-corrected chi connectivity index (χ3v) is 4.81. The van der Waals surface area contributed by atoms with Crippen LogP contribution in [0.2, 0.25) is 0 Å². The monoisotopic (exact) mass is 347 g/mol.